The summed E-state index contributed by atoms with van der Waals surface area (Å²) in [4.78, 5) is 33.2. The van der Waals surface area contributed by atoms with Crippen molar-refractivity contribution < 1.29 is 14.2 Å². The van der Waals surface area contributed by atoms with Crippen molar-refractivity contribution in [2.75, 3.05) is 21.3 Å². The van der Waals surface area contributed by atoms with Crippen molar-refractivity contribution in [2.24, 2.45) is 0 Å². The molecule has 1 N–H and O–H groups in total. The molecule has 0 aliphatic rings. The predicted molar refractivity (Wildman–Crippen MR) is 120 cm³/mol. The van der Waals surface area contributed by atoms with Gasteiger partial charge in [0.2, 0.25) is 5.75 Å². The minimum absolute atomic E-state index is 0.320. The molecule has 0 atom stereocenters. The van der Waals surface area contributed by atoms with Gasteiger partial charge < -0.3 is 19.2 Å². The number of methoxy groups -OCH3 is 3. The highest BCUT2D eigenvalue weighted by molar-refractivity contribution is 5.78. The van der Waals surface area contributed by atoms with Crippen LogP contribution in [0.3, 0.4) is 0 Å². The summed E-state index contributed by atoms with van der Waals surface area (Å²) in [6, 6.07) is 3.61. The monoisotopic (exact) mass is 428 g/mol. The van der Waals surface area contributed by atoms with Crippen LogP contribution in [0, 0.1) is 0 Å². The molecule has 0 saturated heterocycles. The van der Waals surface area contributed by atoms with E-state index in [9.17, 15) is 9.59 Å². The van der Waals surface area contributed by atoms with E-state index in [0.29, 0.717) is 53.7 Å². The minimum Gasteiger partial charge on any atom is -0.493 e. The molecule has 0 radical (unpaired) electrons. The third kappa shape index (κ3) is 4.08. The second kappa shape index (κ2) is 9.55. The number of rotatable bonds is 9. The van der Waals surface area contributed by atoms with Crippen LogP contribution in [0.1, 0.15) is 38.1 Å². The lowest BCUT2D eigenvalue weighted by Gasteiger charge is -2.13. The number of ether oxygens (including phenoxy) is 3. The van der Waals surface area contributed by atoms with E-state index in [4.69, 9.17) is 14.2 Å². The average molecular weight is 428 g/mol. The number of nitrogens with one attached hydrogen (secondary N) is 1. The molecule has 9 heteroatoms. The van der Waals surface area contributed by atoms with Gasteiger partial charge in [-0.05, 0) is 37.1 Å². The zero-order valence-corrected chi connectivity index (χ0v) is 18.5. The van der Waals surface area contributed by atoms with Gasteiger partial charge in [0.05, 0.1) is 21.3 Å². The molecule has 0 saturated carbocycles. The van der Waals surface area contributed by atoms with Gasteiger partial charge in [0.1, 0.15) is 11.3 Å². The fraction of sp³-hybridized carbons (Fsp3) is 0.409. The molecule has 3 rings (SSSR count). The zero-order chi connectivity index (χ0) is 22.5. The van der Waals surface area contributed by atoms with Gasteiger partial charge in [0.25, 0.3) is 5.56 Å². The van der Waals surface area contributed by atoms with Gasteiger partial charge >= 0.3 is 5.69 Å². The smallest absolute Gasteiger partial charge is 0.332 e. The summed E-state index contributed by atoms with van der Waals surface area (Å²) in [6.07, 6.45) is 4.96. The first-order chi connectivity index (χ1) is 15.0. The fourth-order valence-corrected chi connectivity index (χ4v) is 3.53. The molecule has 9 nitrogen and oxygen atoms in total. The number of benzene rings is 1. The molecular weight excluding hydrogens is 400 g/mol. The van der Waals surface area contributed by atoms with E-state index < -0.39 is 0 Å². The number of H-pyrrole nitrogens is 1. The van der Waals surface area contributed by atoms with Crippen LogP contribution in [0.25, 0.3) is 23.3 Å². The quantitative estimate of drug-likeness (QED) is 0.562. The van der Waals surface area contributed by atoms with Crippen LogP contribution in [0.4, 0.5) is 0 Å². The standard InChI is InChI=1S/C22H28N4O5/c1-6-12-25-20-17(21(27)26(13-7-2)22(25)28)23-16(24-20)11-9-14-8-10-15(29-3)19(31-5)18(14)30-4/h8-11H,6-7,12-13H2,1-5H3,(H,23,24)/b11-9+. The van der Waals surface area contributed by atoms with Gasteiger partial charge in [0.15, 0.2) is 17.1 Å². The number of hydrogen-bond acceptors (Lipinski definition) is 6. The van der Waals surface area contributed by atoms with E-state index in [2.05, 4.69) is 9.97 Å². The summed E-state index contributed by atoms with van der Waals surface area (Å²) in [7, 11) is 4.65. The predicted octanol–water partition coefficient (Wildman–Crippen LogP) is 2.90. The van der Waals surface area contributed by atoms with Gasteiger partial charge in [-0.1, -0.05) is 13.8 Å². The van der Waals surface area contributed by atoms with Crippen molar-refractivity contribution >= 4 is 23.3 Å². The number of fused-ring (bicyclic) bond motifs is 1. The number of nitrogens with zero attached hydrogens (tertiary/aromatic N) is 3. The van der Waals surface area contributed by atoms with E-state index >= 15 is 0 Å². The molecule has 0 fully saturated rings. The molecular formula is C22H28N4O5. The Kier molecular flexibility index (Phi) is 6.84. The lowest BCUT2D eigenvalue weighted by atomic mass is 10.1. The number of imidazole rings is 1. The Bertz CT molecular complexity index is 1220. The van der Waals surface area contributed by atoms with Crippen molar-refractivity contribution in [3.8, 4) is 17.2 Å². The SMILES string of the molecule is CCCn1c(=O)c2[nH]c(/C=C/c3ccc(OC)c(OC)c3OC)nc2n(CCC)c1=O. The normalized spacial score (nSPS) is 11.4. The third-order valence-electron chi connectivity index (χ3n) is 4.93. The van der Waals surface area contributed by atoms with Crippen LogP contribution in [0.15, 0.2) is 21.7 Å². The van der Waals surface area contributed by atoms with Crippen molar-refractivity contribution in [1.29, 1.82) is 0 Å². The molecule has 0 aliphatic heterocycles. The molecule has 0 spiro atoms. The maximum absolute atomic E-state index is 12.8. The molecule has 3 aromatic rings. The van der Waals surface area contributed by atoms with Crippen LogP contribution in [0.5, 0.6) is 17.2 Å². The Morgan fingerprint density at radius 1 is 0.935 bits per heavy atom. The number of aryl methyl sites for hydroxylation is 1. The van der Waals surface area contributed by atoms with Crippen molar-refractivity contribution in [3.05, 3.63) is 44.4 Å². The molecule has 1 aromatic carbocycles. The van der Waals surface area contributed by atoms with E-state index in [-0.39, 0.29) is 11.2 Å². The van der Waals surface area contributed by atoms with Crippen LogP contribution >= 0.6 is 0 Å². The van der Waals surface area contributed by atoms with Crippen LogP contribution < -0.4 is 25.5 Å². The summed E-state index contributed by atoms with van der Waals surface area (Å²) in [5.74, 6) is 2.01. The van der Waals surface area contributed by atoms with E-state index in [1.807, 2.05) is 19.9 Å². The topological polar surface area (TPSA) is 100 Å². The first-order valence-corrected chi connectivity index (χ1v) is 10.2. The summed E-state index contributed by atoms with van der Waals surface area (Å²) in [6.45, 7) is 4.75. The lowest BCUT2D eigenvalue weighted by Crippen LogP contribution is -2.40. The summed E-state index contributed by atoms with van der Waals surface area (Å²) < 4.78 is 19.0. The number of hydrogen-bond donors (Lipinski definition) is 1. The second-order valence-corrected chi connectivity index (χ2v) is 6.97. The maximum atomic E-state index is 12.8. The first kappa shape index (κ1) is 22.2. The summed E-state index contributed by atoms with van der Waals surface area (Å²) in [5, 5.41) is 0. The Hall–Kier alpha value is -3.49. The van der Waals surface area contributed by atoms with Gasteiger partial charge in [-0.15, -0.1) is 0 Å². The second-order valence-electron chi connectivity index (χ2n) is 6.97. The van der Waals surface area contributed by atoms with Gasteiger partial charge in [-0.3, -0.25) is 13.9 Å². The van der Waals surface area contributed by atoms with Crippen molar-refractivity contribution in [3.63, 3.8) is 0 Å². The first-order valence-electron chi connectivity index (χ1n) is 10.2. The molecule has 0 bridgehead atoms. The number of aromatic amines is 1. The Morgan fingerprint density at radius 3 is 2.23 bits per heavy atom. The third-order valence-corrected chi connectivity index (χ3v) is 4.93. The average Bonchev–Trinajstić information content (AvgIpc) is 3.21. The van der Waals surface area contributed by atoms with E-state index in [1.165, 1.54) is 4.57 Å². The summed E-state index contributed by atoms with van der Waals surface area (Å²) in [5.41, 5.74) is 0.744. The highest BCUT2D eigenvalue weighted by Gasteiger charge is 2.17. The molecule has 0 aliphatic carbocycles. The van der Waals surface area contributed by atoms with Crippen molar-refractivity contribution in [2.45, 2.75) is 39.8 Å². The molecule has 2 aromatic heterocycles. The molecule has 31 heavy (non-hydrogen) atoms. The zero-order valence-electron chi connectivity index (χ0n) is 18.5. The molecule has 166 valence electrons. The van der Waals surface area contributed by atoms with E-state index in [1.54, 1.807) is 44.1 Å². The van der Waals surface area contributed by atoms with Gasteiger partial charge in [-0.25, -0.2) is 9.78 Å². The van der Waals surface area contributed by atoms with Crippen LogP contribution in [0.2, 0.25) is 0 Å². The molecule has 0 unspecified atom stereocenters. The Morgan fingerprint density at radius 2 is 1.61 bits per heavy atom. The largest absolute Gasteiger partial charge is 0.493 e. The molecule has 2 heterocycles. The summed E-state index contributed by atoms with van der Waals surface area (Å²) >= 11 is 0. The van der Waals surface area contributed by atoms with Gasteiger partial charge in [-0.2, -0.15) is 0 Å². The number of aromatic nitrogens is 4. The van der Waals surface area contributed by atoms with Crippen LogP contribution in [-0.4, -0.2) is 40.4 Å². The Balaban J connectivity index is 2.12. The Labute approximate surface area is 179 Å². The van der Waals surface area contributed by atoms with Crippen LogP contribution in [-0.2, 0) is 13.1 Å². The minimum atomic E-state index is -0.356. The highest BCUT2D eigenvalue weighted by atomic mass is 16.5. The van der Waals surface area contributed by atoms with E-state index in [0.717, 1.165) is 12.0 Å². The van der Waals surface area contributed by atoms with Crippen molar-refractivity contribution in [1.82, 2.24) is 19.1 Å². The van der Waals surface area contributed by atoms with Gasteiger partial charge in [0, 0.05) is 18.7 Å². The molecule has 0 amide bonds. The lowest BCUT2D eigenvalue weighted by molar-refractivity contribution is 0.324. The fourth-order valence-electron chi connectivity index (χ4n) is 3.53. The highest BCUT2D eigenvalue weighted by Crippen LogP contribution is 2.40. The maximum Gasteiger partial charge on any atom is 0.332 e.